The number of pyridine rings is 1. The number of carbonyl (C=O) groups is 1. The third-order valence-corrected chi connectivity index (χ3v) is 3.37. The Bertz CT molecular complexity index is 590. The van der Waals surface area contributed by atoms with Crippen LogP contribution < -0.4 is 21.5 Å². The molecule has 20 heavy (non-hydrogen) atoms. The zero-order valence-corrected chi connectivity index (χ0v) is 14.1. The van der Waals surface area contributed by atoms with Crippen molar-refractivity contribution in [3.8, 4) is 0 Å². The monoisotopic (exact) mass is 353 g/mol. The Kier molecular flexibility index (Phi) is 5.90. The summed E-state index contributed by atoms with van der Waals surface area (Å²) in [4.78, 5) is 12.4. The summed E-state index contributed by atoms with van der Waals surface area (Å²) in [6.45, 7) is 5.97. The maximum atomic E-state index is 12.4. The van der Waals surface area contributed by atoms with E-state index < -0.39 is 0 Å². The Morgan fingerprint density at radius 1 is 1.10 bits per heavy atom. The smallest absolute Gasteiger partial charge is 0.230 e. The van der Waals surface area contributed by atoms with Crippen molar-refractivity contribution >= 4 is 17.4 Å². The second kappa shape index (κ2) is 7.00. The number of benzene rings is 1. The molecule has 0 spiro atoms. The Morgan fingerprint density at radius 2 is 1.60 bits per heavy atom. The second-order valence-corrected chi connectivity index (χ2v) is 5.32. The lowest BCUT2D eigenvalue weighted by Crippen LogP contribution is -3.00. The van der Waals surface area contributed by atoms with Crippen LogP contribution in [0.1, 0.15) is 34.5 Å². The molecule has 106 valence electrons. The van der Waals surface area contributed by atoms with Gasteiger partial charge in [-0.2, -0.15) is 4.57 Å². The molecule has 0 bridgehead atoms. The number of nitrogens with zero attached hydrogens (tertiary/aromatic N) is 1. The van der Waals surface area contributed by atoms with Crippen molar-refractivity contribution in [1.82, 2.24) is 0 Å². The van der Waals surface area contributed by atoms with E-state index in [1.807, 2.05) is 37.7 Å². The van der Waals surface area contributed by atoms with Gasteiger partial charge >= 0.3 is 0 Å². The van der Waals surface area contributed by atoms with E-state index in [0.717, 1.165) is 11.1 Å². The minimum absolute atomic E-state index is 0. The first-order valence-electron chi connectivity index (χ1n) is 6.26. The molecule has 0 fully saturated rings. The van der Waals surface area contributed by atoms with Crippen LogP contribution in [0.2, 0.25) is 5.02 Å². The molecule has 0 aliphatic heterocycles. The van der Waals surface area contributed by atoms with E-state index in [9.17, 15) is 4.79 Å². The van der Waals surface area contributed by atoms with Gasteiger partial charge < -0.3 is 17.0 Å². The highest BCUT2D eigenvalue weighted by molar-refractivity contribution is 6.30. The summed E-state index contributed by atoms with van der Waals surface area (Å²) in [6, 6.07) is 8.89. The Labute approximate surface area is 135 Å². The van der Waals surface area contributed by atoms with Crippen LogP contribution in [0, 0.1) is 13.8 Å². The minimum Gasteiger partial charge on any atom is -1.00 e. The first-order valence-corrected chi connectivity index (χ1v) is 6.64. The van der Waals surface area contributed by atoms with Gasteiger partial charge in [-0.3, -0.25) is 4.79 Å². The van der Waals surface area contributed by atoms with Crippen molar-refractivity contribution in [1.29, 1.82) is 0 Å². The molecule has 0 N–H and O–H groups in total. The van der Waals surface area contributed by atoms with Gasteiger partial charge in [0.05, 0.1) is 0 Å². The van der Waals surface area contributed by atoms with Crippen molar-refractivity contribution in [3.05, 3.63) is 64.4 Å². The Balaban J connectivity index is 0.00000200. The highest BCUT2D eigenvalue weighted by atomic mass is 79.9. The first-order chi connectivity index (χ1) is 8.97. The van der Waals surface area contributed by atoms with Crippen molar-refractivity contribution in [3.63, 3.8) is 0 Å². The van der Waals surface area contributed by atoms with Gasteiger partial charge in [0, 0.05) is 28.6 Å². The maximum absolute atomic E-state index is 12.4. The van der Waals surface area contributed by atoms with Crippen LogP contribution in [0.15, 0.2) is 42.7 Å². The predicted octanol–water partition coefficient (Wildman–Crippen LogP) is 0.692. The topological polar surface area (TPSA) is 20.9 Å². The van der Waals surface area contributed by atoms with Crippen LogP contribution >= 0.6 is 11.6 Å². The fraction of sp³-hybridized carbons (Fsp3) is 0.250. The number of rotatable bonds is 3. The molecule has 0 saturated carbocycles. The molecule has 0 saturated heterocycles. The molecule has 1 unspecified atom stereocenters. The summed E-state index contributed by atoms with van der Waals surface area (Å²) < 4.78 is 1.96. The number of hydrogen-bond donors (Lipinski definition) is 0. The second-order valence-electron chi connectivity index (χ2n) is 4.88. The number of Topliss-reactive ketones (excluding diaryl/α,β-unsaturated/α-hetero) is 1. The molecular formula is C16H17BrClNO. The summed E-state index contributed by atoms with van der Waals surface area (Å²) in [6.07, 6.45) is 3.98. The lowest BCUT2D eigenvalue weighted by Gasteiger charge is -2.08. The zero-order chi connectivity index (χ0) is 14.0. The van der Waals surface area contributed by atoms with Gasteiger partial charge in [0.25, 0.3) is 0 Å². The van der Waals surface area contributed by atoms with E-state index in [-0.39, 0.29) is 28.8 Å². The molecule has 2 rings (SSSR count). The predicted molar refractivity (Wildman–Crippen MR) is 76.6 cm³/mol. The molecule has 1 heterocycles. The molecule has 0 amide bonds. The third-order valence-electron chi connectivity index (χ3n) is 3.12. The fourth-order valence-corrected chi connectivity index (χ4v) is 2.28. The summed E-state index contributed by atoms with van der Waals surface area (Å²) in [7, 11) is 0. The zero-order valence-electron chi connectivity index (χ0n) is 11.7. The van der Waals surface area contributed by atoms with Crippen LogP contribution in [-0.4, -0.2) is 5.78 Å². The Hall–Kier alpha value is -1.19. The summed E-state index contributed by atoms with van der Waals surface area (Å²) in [5.74, 6) is 0.0895. The molecule has 1 atom stereocenters. The normalized spacial score (nSPS) is 11.6. The van der Waals surface area contributed by atoms with E-state index in [1.165, 1.54) is 0 Å². The maximum Gasteiger partial charge on any atom is 0.230 e. The van der Waals surface area contributed by atoms with E-state index in [0.29, 0.717) is 10.6 Å². The highest BCUT2D eigenvalue weighted by Crippen LogP contribution is 2.14. The lowest BCUT2D eigenvalue weighted by atomic mass is 10.0. The van der Waals surface area contributed by atoms with Crippen LogP contribution in [0.25, 0.3) is 0 Å². The van der Waals surface area contributed by atoms with E-state index in [2.05, 4.69) is 6.07 Å². The van der Waals surface area contributed by atoms with E-state index in [1.54, 1.807) is 24.3 Å². The van der Waals surface area contributed by atoms with Gasteiger partial charge in [-0.05, 0) is 44.2 Å². The number of hydrogen-bond acceptors (Lipinski definition) is 1. The summed E-state index contributed by atoms with van der Waals surface area (Å²) >= 11 is 5.84. The standard InChI is InChI=1S/C16H17ClNO.BrH/c1-11-8-12(2)10-18(9-11)13(3)16(19)14-4-6-15(17)7-5-14;/h4-10,13H,1-3H3;1H/q+1;/p-1. The van der Waals surface area contributed by atoms with E-state index >= 15 is 0 Å². The lowest BCUT2D eigenvalue weighted by molar-refractivity contribution is -0.705. The molecule has 0 aliphatic carbocycles. The molecule has 0 radical (unpaired) electrons. The number of carbonyl (C=O) groups excluding carboxylic acids is 1. The minimum atomic E-state index is -0.222. The van der Waals surface area contributed by atoms with Crippen LogP contribution in [-0.2, 0) is 0 Å². The van der Waals surface area contributed by atoms with Gasteiger partial charge in [-0.1, -0.05) is 11.6 Å². The average Bonchev–Trinajstić information content (AvgIpc) is 2.37. The van der Waals surface area contributed by atoms with Gasteiger partial charge in [0.1, 0.15) is 0 Å². The molecule has 1 aromatic heterocycles. The average molecular weight is 355 g/mol. The molecule has 1 aromatic carbocycles. The highest BCUT2D eigenvalue weighted by Gasteiger charge is 2.23. The van der Waals surface area contributed by atoms with Crippen LogP contribution in [0.3, 0.4) is 0 Å². The molecule has 2 aromatic rings. The first kappa shape index (κ1) is 16.9. The molecular weight excluding hydrogens is 338 g/mol. The van der Waals surface area contributed by atoms with Crippen molar-refractivity contribution < 1.29 is 26.3 Å². The summed E-state index contributed by atoms with van der Waals surface area (Å²) in [5.41, 5.74) is 2.98. The quantitative estimate of drug-likeness (QED) is 0.587. The number of aromatic nitrogens is 1. The fourth-order valence-electron chi connectivity index (χ4n) is 2.16. The Morgan fingerprint density at radius 3 is 2.10 bits per heavy atom. The van der Waals surface area contributed by atoms with E-state index in [4.69, 9.17) is 11.6 Å². The SMILES string of the molecule is Cc1cc(C)c[n+](C(C)C(=O)c2ccc(Cl)cc2)c1.[Br-]. The largest absolute Gasteiger partial charge is 1.00 e. The number of ketones is 1. The van der Waals surface area contributed by atoms with Crippen molar-refractivity contribution in [2.24, 2.45) is 0 Å². The van der Waals surface area contributed by atoms with Gasteiger partial charge in [0.15, 0.2) is 12.4 Å². The van der Waals surface area contributed by atoms with Crippen LogP contribution in [0.4, 0.5) is 0 Å². The molecule has 2 nitrogen and oxygen atoms in total. The molecule has 0 aliphatic rings. The van der Waals surface area contributed by atoms with Gasteiger partial charge in [0.2, 0.25) is 11.8 Å². The molecule has 4 heteroatoms. The summed E-state index contributed by atoms with van der Waals surface area (Å²) in [5, 5.41) is 0.642. The number of aryl methyl sites for hydroxylation is 2. The van der Waals surface area contributed by atoms with Crippen LogP contribution in [0.5, 0.6) is 0 Å². The third kappa shape index (κ3) is 3.90. The van der Waals surface area contributed by atoms with Crippen molar-refractivity contribution in [2.45, 2.75) is 26.8 Å². The van der Waals surface area contributed by atoms with Gasteiger partial charge in [-0.25, -0.2) is 0 Å². The number of halogens is 2. The van der Waals surface area contributed by atoms with Gasteiger partial charge in [-0.15, -0.1) is 0 Å². The van der Waals surface area contributed by atoms with Crippen molar-refractivity contribution in [2.75, 3.05) is 0 Å².